The molecule has 4 nitrogen and oxygen atoms in total. The van der Waals surface area contributed by atoms with E-state index in [9.17, 15) is 0 Å². The summed E-state index contributed by atoms with van der Waals surface area (Å²) in [6.07, 6.45) is 4.95. The van der Waals surface area contributed by atoms with Crippen molar-refractivity contribution in [3.05, 3.63) is 0 Å². The van der Waals surface area contributed by atoms with Gasteiger partial charge in [-0.15, -0.1) is 0 Å². The molecule has 19 heavy (non-hydrogen) atoms. The number of hydrogen-bond acceptors (Lipinski definition) is 4. The van der Waals surface area contributed by atoms with Gasteiger partial charge in [0.2, 0.25) is 0 Å². The van der Waals surface area contributed by atoms with E-state index in [4.69, 9.17) is 10.5 Å². The highest BCUT2D eigenvalue weighted by Gasteiger charge is 2.31. The largest absolute Gasteiger partial charge is 0.381 e. The Morgan fingerprint density at radius 2 is 1.84 bits per heavy atom. The van der Waals surface area contributed by atoms with Crippen LogP contribution in [0.1, 0.15) is 32.6 Å². The van der Waals surface area contributed by atoms with Gasteiger partial charge in [-0.2, -0.15) is 0 Å². The van der Waals surface area contributed by atoms with E-state index in [1.165, 1.54) is 45.3 Å². The lowest BCUT2D eigenvalue weighted by Gasteiger charge is -2.43. The Balaban J connectivity index is 1.87. The van der Waals surface area contributed by atoms with E-state index in [-0.39, 0.29) is 0 Å². The molecule has 2 rings (SSSR count). The molecule has 0 aromatic carbocycles. The molecule has 0 saturated carbocycles. The fourth-order valence-corrected chi connectivity index (χ4v) is 3.71. The highest BCUT2D eigenvalue weighted by molar-refractivity contribution is 4.86. The summed E-state index contributed by atoms with van der Waals surface area (Å²) in [4.78, 5) is 5.14. The van der Waals surface area contributed by atoms with Crippen LogP contribution in [0, 0.1) is 5.92 Å². The normalized spacial score (nSPS) is 25.9. The summed E-state index contributed by atoms with van der Waals surface area (Å²) in [5.41, 5.74) is 6.07. The number of nitrogens with zero attached hydrogens (tertiary/aromatic N) is 2. The van der Waals surface area contributed by atoms with E-state index in [1.807, 2.05) is 0 Å². The molecule has 0 aromatic heterocycles. The topological polar surface area (TPSA) is 41.7 Å². The molecule has 2 heterocycles. The van der Waals surface area contributed by atoms with Crippen LogP contribution in [-0.4, -0.2) is 68.3 Å². The Morgan fingerprint density at radius 1 is 1.21 bits per heavy atom. The maximum Gasteiger partial charge on any atom is 0.0469 e. The number of piperidine rings is 1. The molecule has 0 amide bonds. The van der Waals surface area contributed by atoms with Crippen LogP contribution < -0.4 is 5.73 Å². The molecule has 0 aromatic rings. The van der Waals surface area contributed by atoms with Crippen LogP contribution in [-0.2, 0) is 4.74 Å². The van der Waals surface area contributed by atoms with Gasteiger partial charge in [-0.25, -0.2) is 0 Å². The zero-order valence-corrected chi connectivity index (χ0v) is 12.7. The number of rotatable bonds is 5. The lowest BCUT2D eigenvalue weighted by molar-refractivity contribution is 0.0135. The van der Waals surface area contributed by atoms with E-state index in [0.717, 1.165) is 31.7 Å². The first-order valence-electron chi connectivity index (χ1n) is 7.98. The molecular weight excluding hydrogens is 238 g/mol. The fourth-order valence-electron chi connectivity index (χ4n) is 3.71. The average Bonchev–Trinajstić information content (AvgIpc) is 2.49. The molecule has 2 aliphatic rings. The van der Waals surface area contributed by atoms with Gasteiger partial charge in [-0.3, -0.25) is 4.90 Å². The third kappa shape index (κ3) is 3.91. The van der Waals surface area contributed by atoms with Gasteiger partial charge in [0.25, 0.3) is 0 Å². The number of likely N-dealkylation sites (tertiary alicyclic amines) is 1. The van der Waals surface area contributed by atoms with Gasteiger partial charge >= 0.3 is 0 Å². The summed E-state index contributed by atoms with van der Waals surface area (Å²) in [6, 6.07) is 1.27. The predicted molar refractivity (Wildman–Crippen MR) is 79.3 cm³/mol. The second-order valence-electron chi connectivity index (χ2n) is 6.08. The Bertz CT molecular complexity index is 248. The van der Waals surface area contributed by atoms with Crippen molar-refractivity contribution in [3.63, 3.8) is 0 Å². The van der Waals surface area contributed by atoms with Crippen molar-refractivity contribution < 1.29 is 4.74 Å². The number of likely N-dealkylation sites (N-methyl/N-ethyl adjacent to an activating group) is 1. The van der Waals surface area contributed by atoms with Crippen LogP contribution in [0.15, 0.2) is 0 Å². The van der Waals surface area contributed by atoms with Gasteiger partial charge in [0.1, 0.15) is 0 Å². The third-order valence-corrected chi connectivity index (χ3v) is 5.16. The fraction of sp³-hybridized carbons (Fsp3) is 1.00. The van der Waals surface area contributed by atoms with E-state index >= 15 is 0 Å². The standard InChI is InChI=1S/C15H31N3O/c1-3-18-8-4-14(5-9-18)17(2)15(12-16)13-6-10-19-11-7-13/h13-15H,3-12,16H2,1-2H3. The molecule has 1 unspecified atom stereocenters. The van der Waals surface area contributed by atoms with Gasteiger partial charge in [0.15, 0.2) is 0 Å². The Morgan fingerprint density at radius 3 is 2.37 bits per heavy atom. The molecule has 2 N–H and O–H groups in total. The average molecular weight is 269 g/mol. The molecule has 4 heteroatoms. The molecule has 0 spiro atoms. The van der Waals surface area contributed by atoms with Crippen molar-refractivity contribution in [2.45, 2.75) is 44.7 Å². The molecule has 0 radical (unpaired) electrons. The maximum atomic E-state index is 6.07. The second-order valence-corrected chi connectivity index (χ2v) is 6.08. The summed E-state index contributed by atoms with van der Waals surface area (Å²) in [5, 5.41) is 0. The zero-order valence-electron chi connectivity index (χ0n) is 12.7. The SMILES string of the molecule is CCN1CCC(N(C)C(CN)C2CCOCC2)CC1. The highest BCUT2D eigenvalue weighted by Crippen LogP contribution is 2.25. The summed E-state index contributed by atoms with van der Waals surface area (Å²) in [5.74, 6) is 0.730. The van der Waals surface area contributed by atoms with E-state index < -0.39 is 0 Å². The van der Waals surface area contributed by atoms with Gasteiger partial charge < -0.3 is 15.4 Å². The Hall–Kier alpha value is -0.160. The van der Waals surface area contributed by atoms with Crippen molar-refractivity contribution in [3.8, 4) is 0 Å². The third-order valence-electron chi connectivity index (χ3n) is 5.16. The summed E-state index contributed by atoms with van der Waals surface area (Å²) < 4.78 is 5.48. The summed E-state index contributed by atoms with van der Waals surface area (Å²) >= 11 is 0. The molecule has 112 valence electrons. The smallest absolute Gasteiger partial charge is 0.0469 e. The first-order chi connectivity index (χ1) is 9.26. The Kier molecular flexibility index (Phi) is 6.07. The lowest BCUT2D eigenvalue weighted by atomic mass is 9.89. The number of ether oxygens (including phenoxy) is 1. The first-order valence-corrected chi connectivity index (χ1v) is 7.98. The van der Waals surface area contributed by atoms with Crippen LogP contribution in [0.3, 0.4) is 0 Å². The Labute approximate surface area is 118 Å². The minimum Gasteiger partial charge on any atom is -0.381 e. The minimum absolute atomic E-state index is 0.544. The van der Waals surface area contributed by atoms with Crippen LogP contribution in [0.25, 0.3) is 0 Å². The van der Waals surface area contributed by atoms with Crippen LogP contribution >= 0.6 is 0 Å². The molecule has 0 bridgehead atoms. The molecule has 2 saturated heterocycles. The van der Waals surface area contributed by atoms with Gasteiger partial charge in [-0.1, -0.05) is 6.92 Å². The number of nitrogens with two attached hydrogens (primary N) is 1. The molecule has 0 aliphatic carbocycles. The zero-order chi connectivity index (χ0) is 13.7. The van der Waals surface area contributed by atoms with Crippen molar-refractivity contribution in [1.82, 2.24) is 9.80 Å². The molecule has 1 atom stereocenters. The van der Waals surface area contributed by atoms with Gasteiger partial charge in [0, 0.05) is 31.8 Å². The van der Waals surface area contributed by atoms with Crippen LogP contribution in [0.5, 0.6) is 0 Å². The molecular formula is C15H31N3O. The van der Waals surface area contributed by atoms with E-state index in [2.05, 4.69) is 23.8 Å². The highest BCUT2D eigenvalue weighted by atomic mass is 16.5. The lowest BCUT2D eigenvalue weighted by Crippen LogP contribution is -2.52. The van der Waals surface area contributed by atoms with Crippen LogP contribution in [0.4, 0.5) is 0 Å². The first kappa shape index (κ1) is 15.2. The predicted octanol–water partition coefficient (Wildman–Crippen LogP) is 1.16. The maximum absolute atomic E-state index is 6.07. The number of hydrogen-bond donors (Lipinski definition) is 1. The van der Waals surface area contributed by atoms with Gasteiger partial charge in [0.05, 0.1) is 0 Å². The van der Waals surface area contributed by atoms with Gasteiger partial charge in [-0.05, 0) is 58.3 Å². The van der Waals surface area contributed by atoms with E-state index in [1.54, 1.807) is 0 Å². The van der Waals surface area contributed by atoms with Crippen molar-refractivity contribution >= 4 is 0 Å². The van der Waals surface area contributed by atoms with Crippen molar-refractivity contribution in [2.75, 3.05) is 46.4 Å². The van der Waals surface area contributed by atoms with E-state index in [0.29, 0.717) is 6.04 Å². The van der Waals surface area contributed by atoms with Crippen LogP contribution in [0.2, 0.25) is 0 Å². The van der Waals surface area contributed by atoms with Crippen molar-refractivity contribution in [2.24, 2.45) is 11.7 Å². The molecule has 2 aliphatic heterocycles. The second kappa shape index (κ2) is 7.58. The summed E-state index contributed by atoms with van der Waals surface area (Å²) in [7, 11) is 2.29. The molecule has 2 fully saturated rings. The minimum atomic E-state index is 0.544. The monoisotopic (exact) mass is 269 g/mol. The van der Waals surface area contributed by atoms with Crippen molar-refractivity contribution in [1.29, 1.82) is 0 Å². The summed E-state index contributed by atoms with van der Waals surface area (Å²) in [6.45, 7) is 8.57. The quantitative estimate of drug-likeness (QED) is 0.813.